The van der Waals surface area contributed by atoms with Crippen LogP contribution in [0.5, 0.6) is 0 Å². The van der Waals surface area contributed by atoms with Crippen molar-refractivity contribution in [2.75, 3.05) is 37.9 Å². The van der Waals surface area contributed by atoms with Crippen molar-refractivity contribution in [1.82, 2.24) is 4.90 Å². The van der Waals surface area contributed by atoms with E-state index >= 15 is 0 Å². The number of thiophene rings is 1. The number of sulfone groups is 1. The van der Waals surface area contributed by atoms with Crippen LogP contribution in [-0.2, 0) is 9.84 Å². The van der Waals surface area contributed by atoms with E-state index in [1.54, 1.807) is 0 Å². The lowest BCUT2D eigenvalue weighted by atomic mass is 10.3. The molecule has 0 aliphatic carbocycles. The van der Waals surface area contributed by atoms with Crippen LogP contribution in [0.1, 0.15) is 16.6 Å². The Morgan fingerprint density at radius 1 is 1.45 bits per heavy atom. The van der Waals surface area contributed by atoms with Gasteiger partial charge in [0.1, 0.15) is 14.8 Å². The van der Waals surface area contributed by atoms with Gasteiger partial charge in [0.25, 0.3) is 5.91 Å². The number of nitrogens with zero attached hydrogens (tertiary/aromatic N) is 1. The maximum Gasteiger partial charge on any atom is 0.261 e. The molecule has 1 aromatic heterocycles. The molecule has 0 spiro atoms. The number of rotatable bonds is 6. The second-order valence-corrected chi connectivity index (χ2v) is 7.81. The van der Waals surface area contributed by atoms with Gasteiger partial charge in [0.15, 0.2) is 9.84 Å². The molecule has 1 aromatic rings. The van der Waals surface area contributed by atoms with Crippen molar-refractivity contribution in [2.45, 2.75) is 17.9 Å². The molecular weight excluding hydrogens is 300 g/mol. The van der Waals surface area contributed by atoms with E-state index in [0.717, 1.165) is 17.6 Å². The van der Waals surface area contributed by atoms with E-state index in [1.807, 2.05) is 25.9 Å². The summed E-state index contributed by atoms with van der Waals surface area (Å²) in [5.41, 5.74) is 10.9. The molecule has 1 amide bonds. The summed E-state index contributed by atoms with van der Waals surface area (Å²) in [6.07, 6.45) is 1.05. The van der Waals surface area contributed by atoms with Crippen LogP contribution in [0.15, 0.2) is 4.90 Å². The van der Waals surface area contributed by atoms with Crippen LogP contribution in [0.3, 0.4) is 0 Å². The topological polar surface area (TPSA) is 119 Å². The molecule has 1 heterocycles. The monoisotopic (exact) mass is 320 g/mol. The average Bonchev–Trinajstić information content (AvgIpc) is 2.62. The Hall–Kier alpha value is -1.32. The summed E-state index contributed by atoms with van der Waals surface area (Å²) in [4.78, 5) is 13.3. The minimum atomic E-state index is -3.54. The minimum absolute atomic E-state index is 0.0535. The molecule has 7 nitrogen and oxygen atoms in total. The van der Waals surface area contributed by atoms with E-state index in [4.69, 9.17) is 11.5 Å². The zero-order valence-corrected chi connectivity index (χ0v) is 13.6. The molecule has 0 radical (unpaired) electrons. The van der Waals surface area contributed by atoms with Crippen molar-refractivity contribution in [3.8, 4) is 0 Å². The van der Waals surface area contributed by atoms with Gasteiger partial charge < -0.3 is 21.7 Å². The Labute approximate surface area is 122 Å². The van der Waals surface area contributed by atoms with Crippen molar-refractivity contribution in [1.29, 1.82) is 0 Å². The quantitative estimate of drug-likeness (QED) is 0.689. The normalized spacial score (nSPS) is 13.4. The lowest BCUT2D eigenvalue weighted by Crippen LogP contribution is -2.31. The predicted octanol–water partition coefficient (Wildman–Crippen LogP) is 0.195. The first kappa shape index (κ1) is 16.7. The van der Waals surface area contributed by atoms with Crippen molar-refractivity contribution < 1.29 is 13.2 Å². The van der Waals surface area contributed by atoms with Crippen LogP contribution in [0.2, 0.25) is 0 Å². The van der Waals surface area contributed by atoms with Crippen molar-refractivity contribution in [2.24, 2.45) is 5.73 Å². The smallest absolute Gasteiger partial charge is 0.261 e. The number of nitrogen functional groups attached to an aromatic ring is 1. The lowest BCUT2D eigenvalue weighted by Gasteiger charge is -2.20. The molecule has 0 aromatic carbocycles. The van der Waals surface area contributed by atoms with Crippen LogP contribution in [0.4, 0.5) is 10.7 Å². The van der Waals surface area contributed by atoms with Gasteiger partial charge in [0.05, 0.1) is 5.69 Å². The van der Waals surface area contributed by atoms with E-state index in [2.05, 4.69) is 5.32 Å². The van der Waals surface area contributed by atoms with Crippen LogP contribution in [0.25, 0.3) is 0 Å². The second kappa shape index (κ2) is 5.98. The number of carbonyl (C=O) groups is 1. The molecule has 1 rings (SSSR count). The minimum Gasteiger partial charge on any atom is -0.396 e. The third kappa shape index (κ3) is 3.62. The number of likely N-dealkylation sites (N-methyl/N-ethyl adjacent to an activating group) is 1. The van der Waals surface area contributed by atoms with Gasteiger partial charge >= 0.3 is 0 Å². The van der Waals surface area contributed by atoms with Gasteiger partial charge in [-0.15, -0.1) is 11.3 Å². The Kier molecular flexibility index (Phi) is 5.00. The fourth-order valence-electron chi connectivity index (χ4n) is 1.52. The largest absolute Gasteiger partial charge is 0.396 e. The SMILES string of the molecule is CC(CNc1sc(C(N)=O)c(N)c1S(C)(=O)=O)N(C)C. The first-order valence-corrected chi connectivity index (χ1v) is 8.59. The molecular formula is C11H20N4O3S2. The Morgan fingerprint density at radius 2 is 2.00 bits per heavy atom. The number of amides is 1. The molecule has 20 heavy (non-hydrogen) atoms. The lowest BCUT2D eigenvalue weighted by molar-refractivity contribution is 0.100. The molecule has 0 aliphatic heterocycles. The third-order valence-electron chi connectivity index (χ3n) is 2.93. The van der Waals surface area contributed by atoms with Crippen LogP contribution < -0.4 is 16.8 Å². The van der Waals surface area contributed by atoms with Crippen LogP contribution in [0, 0.1) is 0 Å². The molecule has 0 bridgehead atoms. The first-order chi connectivity index (χ1) is 9.05. The van der Waals surface area contributed by atoms with E-state index < -0.39 is 15.7 Å². The summed E-state index contributed by atoms with van der Waals surface area (Å²) in [7, 11) is 0.293. The number of primary amides is 1. The van der Waals surface area contributed by atoms with Gasteiger partial charge in [-0.3, -0.25) is 4.79 Å². The van der Waals surface area contributed by atoms with Gasteiger partial charge in [-0.1, -0.05) is 0 Å². The van der Waals surface area contributed by atoms with Crippen molar-refractivity contribution in [3.05, 3.63) is 4.88 Å². The fraction of sp³-hybridized carbons (Fsp3) is 0.545. The van der Waals surface area contributed by atoms with Gasteiger partial charge in [0.2, 0.25) is 0 Å². The van der Waals surface area contributed by atoms with E-state index in [0.29, 0.717) is 11.5 Å². The molecule has 0 saturated carbocycles. The third-order valence-corrected chi connectivity index (χ3v) is 5.41. The number of nitrogens with two attached hydrogens (primary N) is 2. The van der Waals surface area contributed by atoms with E-state index in [9.17, 15) is 13.2 Å². The number of anilines is 2. The summed E-state index contributed by atoms with van der Waals surface area (Å²) in [5, 5.41) is 3.38. The fourth-order valence-corrected chi connectivity index (χ4v) is 3.95. The number of carbonyl (C=O) groups excluding carboxylic acids is 1. The molecule has 9 heteroatoms. The number of hydrogen-bond donors (Lipinski definition) is 3. The predicted molar refractivity (Wildman–Crippen MR) is 82.0 cm³/mol. The highest BCUT2D eigenvalue weighted by atomic mass is 32.2. The van der Waals surface area contributed by atoms with Crippen LogP contribution in [-0.4, -0.2) is 52.2 Å². The van der Waals surface area contributed by atoms with Gasteiger partial charge in [-0.05, 0) is 21.0 Å². The number of hydrogen-bond acceptors (Lipinski definition) is 7. The standard InChI is InChI=1S/C11H20N4O3S2/c1-6(15(2)3)5-14-11-9(20(4,17)18)7(12)8(19-11)10(13)16/h6,14H,5,12H2,1-4H3,(H2,13,16). The molecule has 5 N–H and O–H groups in total. The van der Waals surface area contributed by atoms with Gasteiger partial charge in [-0.2, -0.15) is 0 Å². The summed E-state index contributed by atoms with van der Waals surface area (Å²) in [6, 6.07) is 0.183. The Morgan fingerprint density at radius 3 is 2.40 bits per heavy atom. The van der Waals surface area contributed by atoms with Gasteiger partial charge in [0, 0.05) is 18.8 Å². The molecule has 0 fully saturated rings. The maximum atomic E-state index is 11.8. The number of nitrogens with one attached hydrogen (secondary N) is 1. The summed E-state index contributed by atoms with van der Waals surface area (Å²) < 4.78 is 23.6. The molecule has 0 saturated heterocycles. The maximum absolute atomic E-state index is 11.8. The Bertz CT molecular complexity index is 607. The second-order valence-electron chi connectivity index (χ2n) is 4.83. The molecule has 1 unspecified atom stereocenters. The zero-order valence-electron chi connectivity index (χ0n) is 11.9. The molecule has 114 valence electrons. The highest BCUT2D eigenvalue weighted by Crippen LogP contribution is 2.38. The zero-order chi connectivity index (χ0) is 15.7. The average molecular weight is 320 g/mol. The Balaban J connectivity index is 3.19. The highest BCUT2D eigenvalue weighted by molar-refractivity contribution is 7.91. The first-order valence-electron chi connectivity index (χ1n) is 5.88. The van der Waals surface area contributed by atoms with Gasteiger partial charge in [-0.25, -0.2) is 8.42 Å². The van der Waals surface area contributed by atoms with Crippen molar-refractivity contribution in [3.63, 3.8) is 0 Å². The van der Waals surface area contributed by atoms with E-state index in [1.165, 1.54) is 0 Å². The highest BCUT2D eigenvalue weighted by Gasteiger charge is 2.26. The van der Waals surface area contributed by atoms with E-state index in [-0.39, 0.29) is 21.5 Å². The molecule has 1 atom stereocenters. The molecule has 0 aliphatic rings. The van der Waals surface area contributed by atoms with Crippen molar-refractivity contribution >= 4 is 37.8 Å². The summed E-state index contributed by atoms with van der Waals surface area (Å²) >= 11 is 0.966. The summed E-state index contributed by atoms with van der Waals surface area (Å²) in [6.45, 7) is 2.51. The summed E-state index contributed by atoms with van der Waals surface area (Å²) in [5.74, 6) is -0.730. The van der Waals surface area contributed by atoms with Crippen LogP contribution >= 0.6 is 11.3 Å².